The fourth-order valence-corrected chi connectivity index (χ4v) is 1.73. The molecule has 0 fully saturated rings. The molecule has 0 spiro atoms. The van der Waals surface area contributed by atoms with Gasteiger partial charge < -0.3 is 10.4 Å². The van der Waals surface area contributed by atoms with Gasteiger partial charge in [-0.1, -0.05) is 32.4 Å². The number of nitrogens with zero attached hydrogens (tertiary/aromatic N) is 3. The van der Waals surface area contributed by atoms with Gasteiger partial charge >= 0.3 is 0 Å². The molecular weight excluding hydrogens is 256 g/mol. The largest absolute Gasteiger partial charge is 0.391 e. The third-order valence-corrected chi connectivity index (χ3v) is 3.34. The molecule has 0 aliphatic rings. The van der Waals surface area contributed by atoms with Crippen LogP contribution in [-0.4, -0.2) is 38.8 Å². The molecule has 6 heteroatoms. The number of nitrogens with one attached hydrogen (secondary N) is 1. The molecule has 106 valence electrons. The Morgan fingerprint density at radius 3 is 2.70 bits per heavy atom. The van der Waals surface area contributed by atoms with E-state index in [1.165, 1.54) is 0 Å². The lowest BCUT2D eigenvalue weighted by molar-refractivity contribution is 0.0841. The zero-order valence-electron chi connectivity index (χ0n) is 11.6. The molecular formula is C14H18N4O2. The predicted octanol–water partition coefficient (Wildman–Crippen LogP) is 1.16. The molecule has 2 aromatic rings. The van der Waals surface area contributed by atoms with Crippen LogP contribution in [0, 0.1) is 5.92 Å². The maximum atomic E-state index is 11.9. The highest BCUT2D eigenvalue weighted by molar-refractivity contribution is 5.91. The summed E-state index contributed by atoms with van der Waals surface area (Å²) in [5.41, 5.74) is 1.26. The van der Waals surface area contributed by atoms with Gasteiger partial charge in [0.05, 0.1) is 11.6 Å². The standard InChI is InChI=1S/C14H18N4O2/c1-3-9(2)12(19)8-15-14(20)13-16-10-6-4-5-7-11(10)17-18-13/h4-7,9,12,19H,3,8H2,1-2H3,(H,15,20)/t9-,12+/m0/s1. The molecule has 2 atom stereocenters. The van der Waals surface area contributed by atoms with E-state index in [4.69, 9.17) is 0 Å². The summed E-state index contributed by atoms with van der Waals surface area (Å²) < 4.78 is 0. The van der Waals surface area contributed by atoms with Crippen molar-refractivity contribution in [3.63, 3.8) is 0 Å². The van der Waals surface area contributed by atoms with Crippen LogP contribution in [-0.2, 0) is 0 Å². The second-order valence-electron chi connectivity index (χ2n) is 4.79. The van der Waals surface area contributed by atoms with Gasteiger partial charge in [0, 0.05) is 6.54 Å². The Hall–Kier alpha value is -2.08. The average molecular weight is 274 g/mol. The Bertz CT molecular complexity index is 602. The lowest BCUT2D eigenvalue weighted by Crippen LogP contribution is -2.36. The highest BCUT2D eigenvalue weighted by Crippen LogP contribution is 2.08. The SMILES string of the molecule is CC[C@H](C)[C@H](O)CNC(=O)c1nnc2ccccc2n1. The smallest absolute Gasteiger partial charge is 0.291 e. The molecule has 0 bridgehead atoms. The van der Waals surface area contributed by atoms with Gasteiger partial charge in [-0.05, 0) is 18.1 Å². The third-order valence-electron chi connectivity index (χ3n) is 3.34. The molecule has 1 amide bonds. The molecule has 0 saturated heterocycles. The zero-order chi connectivity index (χ0) is 14.5. The Labute approximate surface area is 117 Å². The van der Waals surface area contributed by atoms with E-state index in [0.717, 1.165) is 6.42 Å². The quantitative estimate of drug-likeness (QED) is 0.854. The van der Waals surface area contributed by atoms with Crippen molar-refractivity contribution in [1.82, 2.24) is 20.5 Å². The van der Waals surface area contributed by atoms with Gasteiger partial charge in [-0.25, -0.2) is 4.98 Å². The number of carbonyl (C=O) groups is 1. The number of para-hydroxylation sites is 1. The van der Waals surface area contributed by atoms with Gasteiger partial charge in [-0.3, -0.25) is 4.79 Å². The molecule has 0 radical (unpaired) electrons. The number of fused-ring (bicyclic) bond motifs is 1. The Kier molecular flexibility index (Phi) is 4.57. The highest BCUT2D eigenvalue weighted by Gasteiger charge is 2.16. The molecule has 2 rings (SSSR count). The topological polar surface area (TPSA) is 88.0 Å². The maximum Gasteiger partial charge on any atom is 0.291 e. The predicted molar refractivity (Wildman–Crippen MR) is 75.1 cm³/mol. The molecule has 6 nitrogen and oxygen atoms in total. The van der Waals surface area contributed by atoms with Crippen molar-refractivity contribution in [3.05, 3.63) is 30.1 Å². The van der Waals surface area contributed by atoms with Crippen molar-refractivity contribution in [2.75, 3.05) is 6.54 Å². The summed E-state index contributed by atoms with van der Waals surface area (Å²) in [5.74, 6) is -0.281. The summed E-state index contributed by atoms with van der Waals surface area (Å²) in [7, 11) is 0. The molecule has 0 aliphatic carbocycles. The van der Waals surface area contributed by atoms with Crippen LogP contribution < -0.4 is 5.32 Å². The van der Waals surface area contributed by atoms with Gasteiger partial charge in [-0.15, -0.1) is 10.2 Å². The van der Waals surface area contributed by atoms with E-state index in [9.17, 15) is 9.90 Å². The van der Waals surface area contributed by atoms with Crippen molar-refractivity contribution < 1.29 is 9.90 Å². The number of aliphatic hydroxyl groups is 1. The van der Waals surface area contributed by atoms with Crippen molar-refractivity contribution >= 4 is 16.9 Å². The van der Waals surface area contributed by atoms with E-state index in [1.807, 2.05) is 26.0 Å². The Balaban J connectivity index is 2.04. The molecule has 0 unspecified atom stereocenters. The molecule has 0 saturated carbocycles. The van der Waals surface area contributed by atoms with E-state index >= 15 is 0 Å². The number of hydrogen-bond acceptors (Lipinski definition) is 5. The van der Waals surface area contributed by atoms with Crippen LogP contribution in [0.3, 0.4) is 0 Å². The second kappa shape index (κ2) is 6.38. The summed E-state index contributed by atoms with van der Waals surface area (Å²) in [6.45, 7) is 4.11. The zero-order valence-corrected chi connectivity index (χ0v) is 11.6. The minimum Gasteiger partial charge on any atom is -0.391 e. The minimum atomic E-state index is -0.572. The van der Waals surface area contributed by atoms with Crippen LogP contribution in [0.5, 0.6) is 0 Å². The normalized spacial score (nSPS) is 13.9. The third kappa shape index (κ3) is 3.27. The van der Waals surface area contributed by atoms with Gasteiger partial charge in [0.25, 0.3) is 5.91 Å². The lowest BCUT2D eigenvalue weighted by Gasteiger charge is -2.17. The maximum absolute atomic E-state index is 11.9. The summed E-state index contributed by atoms with van der Waals surface area (Å²) in [5, 5.41) is 20.2. The molecule has 0 aliphatic heterocycles. The van der Waals surface area contributed by atoms with E-state index in [0.29, 0.717) is 11.0 Å². The van der Waals surface area contributed by atoms with Crippen molar-refractivity contribution in [2.24, 2.45) is 5.92 Å². The number of amides is 1. The van der Waals surface area contributed by atoms with Crippen LogP contribution in [0.1, 0.15) is 30.9 Å². The average Bonchev–Trinajstić information content (AvgIpc) is 2.50. The Morgan fingerprint density at radius 2 is 2.00 bits per heavy atom. The summed E-state index contributed by atoms with van der Waals surface area (Å²) in [4.78, 5) is 16.1. The lowest BCUT2D eigenvalue weighted by atomic mass is 10.0. The monoisotopic (exact) mass is 274 g/mol. The number of rotatable bonds is 5. The fourth-order valence-electron chi connectivity index (χ4n) is 1.73. The van der Waals surface area contributed by atoms with Gasteiger partial charge in [0.2, 0.25) is 5.82 Å². The second-order valence-corrected chi connectivity index (χ2v) is 4.79. The van der Waals surface area contributed by atoms with Gasteiger partial charge in [0.1, 0.15) is 5.52 Å². The number of aliphatic hydroxyl groups excluding tert-OH is 1. The van der Waals surface area contributed by atoms with E-state index < -0.39 is 12.0 Å². The number of carbonyl (C=O) groups excluding carboxylic acids is 1. The van der Waals surface area contributed by atoms with Crippen LogP contribution in [0.2, 0.25) is 0 Å². The molecule has 20 heavy (non-hydrogen) atoms. The summed E-state index contributed by atoms with van der Waals surface area (Å²) in [6, 6.07) is 7.21. The highest BCUT2D eigenvalue weighted by atomic mass is 16.3. The fraction of sp³-hybridized carbons (Fsp3) is 0.429. The van der Waals surface area contributed by atoms with E-state index in [-0.39, 0.29) is 18.3 Å². The number of aromatic nitrogens is 3. The van der Waals surface area contributed by atoms with E-state index in [1.54, 1.807) is 12.1 Å². The first-order chi connectivity index (χ1) is 9.61. The first-order valence-electron chi connectivity index (χ1n) is 6.67. The minimum absolute atomic E-state index is 0.0139. The summed E-state index contributed by atoms with van der Waals surface area (Å²) >= 11 is 0. The molecule has 2 N–H and O–H groups in total. The Morgan fingerprint density at radius 1 is 1.30 bits per heavy atom. The van der Waals surface area contributed by atoms with Crippen molar-refractivity contribution in [2.45, 2.75) is 26.4 Å². The van der Waals surface area contributed by atoms with E-state index in [2.05, 4.69) is 20.5 Å². The molecule has 1 heterocycles. The van der Waals surface area contributed by atoms with Crippen LogP contribution in [0.25, 0.3) is 11.0 Å². The van der Waals surface area contributed by atoms with Gasteiger partial charge in [0.15, 0.2) is 0 Å². The first-order valence-corrected chi connectivity index (χ1v) is 6.67. The van der Waals surface area contributed by atoms with Crippen LogP contribution >= 0.6 is 0 Å². The van der Waals surface area contributed by atoms with Crippen LogP contribution in [0.15, 0.2) is 24.3 Å². The molecule has 1 aromatic heterocycles. The first kappa shape index (κ1) is 14.3. The van der Waals surface area contributed by atoms with Crippen molar-refractivity contribution in [3.8, 4) is 0 Å². The molecule has 1 aromatic carbocycles. The van der Waals surface area contributed by atoms with Crippen LogP contribution in [0.4, 0.5) is 0 Å². The number of hydrogen-bond donors (Lipinski definition) is 2. The van der Waals surface area contributed by atoms with Gasteiger partial charge in [-0.2, -0.15) is 0 Å². The van der Waals surface area contributed by atoms with Crippen molar-refractivity contribution in [1.29, 1.82) is 0 Å². The number of benzene rings is 1. The summed E-state index contributed by atoms with van der Waals surface area (Å²) in [6.07, 6.45) is 0.280.